The van der Waals surface area contributed by atoms with Crippen molar-refractivity contribution in [3.63, 3.8) is 0 Å². The van der Waals surface area contributed by atoms with Crippen LogP contribution in [0.5, 0.6) is 0 Å². The summed E-state index contributed by atoms with van der Waals surface area (Å²) < 4.78 is 5.93. The highest BCUT2D eigenvalue weighted by molar-refractivity contribution is 9.10. The highest BCUT2D eigenvalue weighted by Gasteiger charge is 2.12. The number of benzene rings is 2. The molecule has 5 heteroatoms. The van der Waals surface area contributed by atoms with E-state index in [1.54, 1.807) is 7.11 Å². The van der Waals surface area contributed by atoms with Crippen LogP contribution in [-0.4, -0.2) is 24.2 Å². The number of rotatable bonds is 8. The molecule has 0 radical (unpaired) electrons. The molecule has 0 saturated carbocycles. The van der Waals surface area contributed by atoms with Crippen LogP contribution in [0.1, 0.15) is 23.6 Å². The van der Waals surface area contributed by atoms with Gasteiger partial charge in [-0.3, -0.25) is 4.79 Å². The topological polar surface area (TPSA) is 58.6 Å². The average molecular weight is 430 g/mol. The summed E-state index contributed by atoms with van der Waals surface area (Å²) in [5.74, 6) is -0.217. The lowest BCUT2D eigenvalue weighted by Gasteiger charge is -2.13. The minimum absolute atomic E-state index is 0.217. The minimum atomic E-state index is -0.639. The van der Waals surface area contributed by atoms with Gasteiger partial charge in [0.05, 0.1) is 19.5 Å². The molecule has 0 aliphatic heterocycles. The first kappa shape index (κ1) is 20.9. The molecule has 0 heterocycles. The second-order valence-corrected chi connectivity index (χ2v) is 7.22. The Balaban J connectivity index is 2.00. The van der Waals surface area contributed by atoms with E-state index in [2.05, 4.69) is 27.8 Å². The Kier molecular flexibility index (Phi) is 7.82. The minimum Gasteiger partial charge on any atom is -0.504 e. The van der Waals surface area contributed by atoms with Crippen LogP contribution in [0.2, 0.25) is 0 Å². The summed E-state index contributed by atoms with van der Waals surface area (Å²) >= 11 is 3.39. The Bertz CT molecular complexity index is 828. The van der Waals surface area contributed by atoms with E-state index in [9.17, 15) is 9.90 Å². The van der Waals surface area contributed by atoms with Crippen LogP contribution in [0.3, 0.4) is 0 Å². The summed E-state index contributed by atoms with van der Waals surface area (Å²) in [5, 5.41) is 13.1. The fourth-order valence-corrected chi connectivity index (χ4v) is 2.82. The van der Waals surface area contributed by atoms with Gasteiger partial charge in [-0.15, -0.1) is 0 Å². The van der Waals surface area contributed by atoms with Crippen LogP contribution < -0.4 is 5.32 Å². The predicted octanol–water partition coefficient (Wildman–Crippen LogP) is 4.23. The molecule has 1 amide bonds. The van der Waals surface area contributed by atoms with Crippen LogP contribution in [0.4, 0.5) is 0 Å². The molecule has 0 bridgehead atoms. The predicted molar refractivity (Wildman–Crippen MR) is 112 cm³/mol. The van der Waals surface area contributed by atoms with Crippen molar-refractivity contribution in [2.75, 3.05) is 7.11 Å². The Morgan fingerprint density at radius 1 is 1.26 bits per heavy atom. The molecule has 0 aliphatic carbocycles. The molecule has 2 aromatic carbocycles. The molecule has 0 fully saturated rings. The van der Waals surface area contributed by atoms with Crippen LogP contribution in [0, 0.1) is 0 Å². The maximum absolute atomic E-state index is 12.4. The number of carbonyl (C=O) groups excluding carboxylic acids is 1. The third kappa shape index (κ3) is 6.38. The maximum Gasteiger partial charge on any atom is 0.251 e. The average Bonchev–Trinajstić information content (AvgIpc) is 2.67. The van der Waals surface area contributed by atoms with Gasteiger partial charge in [0.1, 0.15) is 0 Å². The van der Waals surface area contributed by atoms with Crippen LogP contribution in [-0.2, 0) is 22.5 Å². The lowest BCUT2D eigenvalue weighted by atomic mass is 9.98. The summed E-state index contributed by atoms with van der Waals surface area (Å²) in [6, 6.07) is 15.3. The van der Waals surface area contributed by atoms with E-state index < -0.39 is 6.10 Å². The molecular weight excluding hydrogens is 406 g/mol. The van der Waals surface area contributed by atoms with Crippen molar-refractivity contribution in [3.05, 3.63) is 88.1 Å². The first-order valence-corrected chi connectivity index (χ1v) is 9.38. The van der Waals surface area contributed by atoms with Gasteiger partial charge < -0.3 is 15.2 Å². The Labute approximate surface area is 168 Å². The third-order valence-corrected chi connectivity index (χ3v) is 4.70. The number of halogens is 1. The molecular formula is C22H24BrNO3. The molecule has 2 aromatic rings. The number of nitrogens with one attached hydrogen (secondary N) is 1. The van der Waals surface area contributed by atoms with Gasteiger partial charge in [0, 0.05) is 23.0 Å². The normalized spacial score (nSPS) is 12.4. The monoisotopic (exact) mass is 429 g/mol. The van der Waals surface area contributed by atoms with Crippen LogP contribution in [0.25, 0.3) is 5.57 Å². The second-order valence-electron chi connectivity index (χ2n) is 6.31. The fraction of sp³-hybridized carbons (Fsp3) is 0.227. The van der Waals surface area contributed by atoms with E-state index in [4.69, 9.17) is 4.74 Å². The van der Waals surface area contributed by atoms with Gasteiger partial charge in [-0.2, -0.15) is 0 Å². The Hall–Kier alpha value is -2.37. The molecule has 2 rings (SSSR count). The number of aliphatic hydroxyl groups is 1. The number of methoxy groups -OCH3 is 1. The molecule has 0 spiro atoms. The van der Waals surface area contributed by atoms with Crippen LogP contribution >= 0.6 is 15.9 Å². The summed E-state index contributed by atoms with van der Waals surface area (Å²) in [4.78, 5) is 12.4. The quantitative estimate of drug-likeness (QED) is 0.487. The van der Waals surface area contributed by atoms with Crippen LogP contribution in [0.15, 0.2) is 71.4 Å². The summed E-state index contributed by atoms with van der Waals surface area (Å²) in [7, 11) is 1.55. The van der Waals surface area contributed by atoms with Crippen molar-refractivity contribution in [3.8, 4) is 0 Å². The highest BCUT2D eigenvalue weighted by atomic mass is 79.9. The number of hydrogen-bond acceptors (Lipinski definition) is 3. The molecule has 27 heavy (non-hydrogen) atoms. The molecule has 1 atom stereocenters. The van der Waals surface area contributed by atoms with Crippen molar-refractivity contribution in [2.24, 2.45) is 0 Å². The number of ether oxygens (including phenoxy) is 1. The zero-order chi connectivity index (χ0) is 19.8. The number of aliphatic hydroxyl groups excluding tert-OH is 1. The van der Waals surface area contributed by atoms with Crippen molar-refractivity contribution >= 4 is 27.4 Å². The largest absolute Gasteiger partial charge is 0.504 e. The van der Waals surface area contributed by atoms with Crippen molar-refractivity contribution in [1.82, 2.24) is 5.32 Å². The molecule has 0 aromatic heterocycles. The fourth-order valence-electron chi connectivity index (χ4n) is 2.56. The molecule has 0 aliphatic rings. The molecule has 1 unspecified atom stereocenters. The van der Waals surface area contributed by atoms with Crippen molar-refractivity contribution in [1.29, 1.82) is 0 Å². The van der Waals surface area contributed by atoms with E-state index in [1.165, 1.54) is 6.26 Å². The summed E-state index contributed by atoms with van der Waals surface area (Å²) in [5.41, 5.74) is 3.81. The Morgan fingerprint density at radius 2 is 1.96 bits per heavy atom. The third-order valence-electron chi connectivity index (χ3n) is 4.17. The number of amides is 1. The van der Waals surface area contributed by atoms with Gasteiger partial charge in [-0.1, -0.05) is 58.9 Å². The zero-order valence-electron chi connectivity index (χ0n) is 15.5. The first-order valence-electron chi connectivity index (χ1n) is 8.59. The van der Waals surface area contributed by atoms with E-state index in [1.807, 2.05) is 55.5 Å². The lowest BCUT2D eigenvalue weighted by molar-refractivity contribution is -0.115. The first-order chi connectivity index (χ1) is 12.9. The van der Waals surface area contributed by atoms with Gasteiger partial charge in [-0.25, -0.2) is 0 Å². The molecule has 0 saturated heterocycles. The van der Waals surface area contributed by atoms with E-state index >= 15 is 0 Å². The summed E-state index contributed by atoms with van der Waals surface area (Å²) in [6.07, 6.45) is 1.33. The second kappa shape index (κ2) is 10.1. The van der Waals surface area contributed by atoms with Gasteiger partial charge in [-0.05, 0) is 41.3 Å². The van der Waals surface area contributed by atoms with E-state index in [0.717, 1.165) is 26.7 Å². The maximum atomic E-state index is 12.4. The van der Waals surface area contributed by atoms with Gasteiger partial charge in [0.25, 0.3) is 5.91 Å². The lowest BCUT2D eigenvalue weighted by Crippen LogP contribution is -2.23. The number of carbonyl (C=O) groups is 1. The standard InChI is InChI=1S/C22H24BrNO3/c1-15(14-27-3)21(25)12-18-5-4-6-19(11-18)16(2)22(26)24-13-17-7-9-20(23)10-8-17/h4-11,14,21,25H,2,12-13H2,1,3H3,(H,24,26)/b15-14+. The SMILES string of the molecule is C=C(C(=O)NCc1ccc(Br)cc1)c1cccc(CC(O)/C(C)=C/OC)c1. The van der Waals surface area contributed by atoms with Crippen molar-refractivity contribution < 1.29 is 14.6 Å². The zero-order valence-corrected chi connectivity index (χ0v) is 17.1. The highest BCUT2D eigenvalue weighted by Crippen LogP contribution is 2.18. The summed E-state index contributed by atoms with van der Waals surface area (Å²) in [6.45, 7) is 6.17. The molecule has 2 N–H and O–H groups in total. The molecule has 4 nitrogen and oxygen atoms in total. The Morgan fingerprint density at radius 3 is 2.63 bits per heavy atom. The van der Waals surface area contributed by atoms with Gasteiger partial charge >= 0.3 is 0 Å². The van der Waals surface area contributed by atoms with E-state index in [0.29, 0.717) is 18.5 Å². The smallest absolute Gasteiger partial charge is 0.251 e. The van der Waals surface area contributed by atoms with Gasteiger partial charge in [0.2, 0.25) is 0 Å². The number of hydrogen-bond donors (Lipinski definition) is 2. The van der Waals surface area contributed by atoms with E-state index in [-0.39, 0.29) is 5.91 Å². The molecule has 142 valence electrons. The van der Waals surface area contributed by atoms with Crippen molar-refractivity contribution in [2.45, 2.75) is 26.0 Å². The van der Waals surface area contributed by atoms with Gasteiger partial charge in [0.15, 0.2) is 0 Å².